The van der Waals surface area contributed by atoms with Crippen LogP contribution < -0.4 is 11.2 Å². The molecule has 0 aliphatic heterocycles. The Morgan fingerprint density at radius 1 is 1.30 bits per heavy atom. The highest BCUT2D eigenvalue weighted by molar-refractivity contribution is 5.22. The maximum absolute atomic E-state index is 12.0. The molecule has 1 aromatic heterocycles. The normalized spacial score (nSPS) is 11.9. The zero-order chi connectivity index (χ0) is 16.8. The fourth-order valence-corrected chi connectivity index (χ4v) is 2.11. The number of aromatic nitrogens is 2. The van der Waals surface area contributed by atoms with E-state index >= 15 is 0 Å². The van der Waals surface area contributed by atoms with Gasteiger partial charge in [-0.3, -0.25) is 9.36 Å². The molecule has 0 spiro atoms. The van der Waals surface area contributed by atoms with Gasteiger partial charge in [-0.2, -0.15) is 5.26 Å². The Morgan fingerprint density at radius 3 is 2.65 bits per heavy atom. The van der Waals surface area contributed by atoms with Gasteiger partial charge in [0, 0.05) is 13.2 Å². The van der Waals surface area contributed by atoms with Crippen molar-refractivity contribution < 1.29 is 9.84 Å². The van der Waals surface area contributed by atoms with E-state index in [1.165, 1.54) is 13.2 Å². The van der Waals surface area contributed by atoms with Crippen LogP contribution in [0.2, 0.25) is 0 Å². The van der Waals surface area contributed by atoms with E-state index in [4.69, 9.17) is 10.00 Å². The molecule has 0 radical (unpaired) electrons. The van der Waals surface area contributed by atoms with Crippen LogP contribution in [-0.4, -0.2) is 27.0 Å². The van der Waals surface area contributed by atoms with Gasteiger partial charge in [-0.1, -0.05) is 30.3 Å². The van der Waals surface area contributed by atoms with E-state index in [2.05, 4.69) is 0 Å². The second-order valence-electron chi connectivity index (χ2n) is 5.12. The van der Waals surface area contributed by atoms with Crippen molar-refractivity contribution in [2.75, 3.05) is 6.61 Å². The smallest absolute Gasteiger partial charge is 0.330 e. The fraction of sp³-hybridized carbons (Fsp3) is 0.312. The van der Waals surface area contributed by atoms with Crippen molar-refractivity contribution >= 4 is 0 Å². The Balaban J connectivity index is 2.02. The number of hydrogen-bond acceptors (Lipinski definition) is 5. The van der Waals surface area contributed by atoms with Crippen molar-refractivity contribution in [1.82, 2.24) is 9.13 Å². The standard InChI is InChI=1S/C16H17N3O4/c1-18-8-13(7-17)15(21)19(16(18)22)9-14(20)11-23-10-12-5-3-2-4-6-12/h2-6,8,14,20H,9-11H2,1H3. The van der Waals surface area contributed by atoms with Gasteiger partial charge in [0.2, 0.25) is 0 Å². The first-order valence-corrected chi connectivity index (χ1v) is 7.03. The summed E-state index contributed by atoms with van der Waals surface area (Å²) >= 11 is 0. The zero-order valence-corrected chi connectivity index (χ0v) is 12.7. The van der Waals surface area contributed by atoms with Crippen LogP contribution in [0.4, 0.5) is 0 Å². The van der Waals surface area contributed by atoms with E-state index in [9.17, 15) is 14.7 Å². The summed E-state index contributed by atoms with van der Waals surface area (Å²) in [6.45, 7) is 0.0696. The van der Waals surface area contributed by atoms with Crippen molar-refractivity contribution in [2.24, 2.45) is 7.05 Å². The highest BCUT2D eigenvalue weighted by atomic mass is 16.5. The van der Waals surface area contributed by atoms with Gasteiger partial charge in [0.05, 0.1) is 25.9 Å². The molecule has 1 aromatic carbocycles. The van der Waals surface area contributed by atoms with Gasteiger partial charge in [-0.25, -0.2) is 4.79 Å². The maximum atomic E-state index is 12.0. The predicted octanol–water partition coefficient (Wildman–Crippen LogP) is -0.00362. The molecule has 120 valence electrons. The molecule has 1 unspecified atom stereocenters. The first kappa shape index (κ1) is 16.7. The summed E-state index contributed by atoms with van der Waals surface area (Å²) in [6, 6.07) is 11.2. The van der Waals surface area contributed by atoms with Crippen molar-refractivity contribution in [3.8, 4) is 6.07 Å². The number of rotatable bonds is 6. The molecule has 0 amide bonds. The SMILES string of the molecule is Cn1cc(C#N)c(=O)n(CC(O)COCc2ccccc2)c1=O. The van der Waals surface area contributed by atoms with E-state index in [-0.39, 0.29) is 18.7 Å². The number of hydrogen-bond donors (Lipinski definition) is 1. The number of aliphatic hydroxyl groups excluding tert-OH is 1. The monoisotopic (exact) mass is 315 g/mol. The third-order valence-electron chi connectivity index (χ3n) is 3.27. The topological polar surface area (TPSA) is 97.2 Å². The zero-order valence-electron chi connectivity index (χ0n) is 12.7. The molecule has 2 rings (SSSR count). The number of aryl methyl sites for hydroxylation is 1. The van der Waals surface area contributed by atoms with E-state index in [0.29, 0.717) is 6.61 Å². The van der Waals surface area contributed by atoms with Crippen LogP contribution in [0.15, 0.2) is 46.1 Å². The first-order chi connectivity index (χ1) is 11.0. The number of aliphatic hydroxyl groups is 1. The molecule has 7 heteroatoms. The van der Waals surface area contributed by atoms with Gasteiger partial charge in [0.1, 0.15) is 11.6 Å². The number of ether oxygens (including phenoxy) is 1. The quantitative estimate of drug-likeness (QED) is 0.809. The average Bonchev–Trinajstić information content (AvgIpc) is 2.56. The van der Waals surface area contributed by atoms with Crippen molar-refractivity contribution in [1.29, 1.82) is 5.26 Å². The van der Waals surface area contributed by atoms with Crippen molar-refractivity contribution in [3.05, 3.63) is 68.5 Å². The van der Waals surface area contributed by atoms with Gasteiger partial charge in [-0.05, 0) is 5.56 Å². The van der Waals surface area contributed by atoms with E-state index < -0.39 is 17.4 Å². The number of nitriles is 1. The van der Waals surface area contributed by atoms with E-state index in [1.54, 1.807) is 6.07 Å². The third kappa shape index (κ3) is 4.16. The van der Waals surface area contributed by atoms with E-state index in [0.717, 1.165) is 14.7 Å². The Kier molecular flexibility index (Phi) is 5.46. The van der Waals surface area contributed by atoms with Gasteiger partial charge in [-0.15, -0.1) is 0 Å². The summed E-state index contributed by atoms with van der Waals surface area (Å²) in [4.78, 5) is 23.9. The third-order valence-corrected chi connectivity index (χ3v) is 3.27. The second kappa shape index (κ2) is 7.54. The molecule has 1 heterocycles. The van der Waals surface area contributed by atoms with Crippen LogP contribution in [0.25, 0.3) is 0 Å². The first-order valence-electron chi connectivity index (χ1n) is 7.03. The van der Waals surface area contributed by atoms with Crippen LogP contribution in [0, 0.1) is 11.3 Å². The molecular weight excluding hydrogens is 298 g/mol. The summed E-state index contributed by atoms with van der Waals surface area (Å²) < 4.78 is 7.36. The summed E-state index contributed by atoms with van der Waals surface area (Å²) in [5.74, 6) is 0. The molecule has 7 nitrogen and oxygen atoms in total. The predicted molar refractivity (Wildman–Crippen MR) is 82.8 cm³/mol. The van der Waals surface area contributed by atoms with Gasteiger partial charge < -0.3 is 14.4 Å². The lowest BCUT2D eigenvalue weighted by Crippen LogP contribution is -2.43. The summed E-state index contributed by atoms with van der Waals surface area (Å²) in [6.07, 6.45) is 0.150. The molecule has 0 fully saturated rings. The van der Waals surface area contributed by atoms with Gasteiger partial charge in [0.15, 0.2) is 0 Å². The number of benzene rings is 1. The summed E-state index contributed by atoms with van der Waals surface area (Å²) in [5.41, 5.74) is -0.488. The minimum absolute atomic E-state index is 0.0265. The van der Waals surface area contributed by atoms with Crippen LogP contribution in [0.1, 0.15) is 11.1 Å². The Hall–Kier alpha value is -2.69. The van der Waals surface area contributed by atoms with Crippen molar-refractivity contribution in [2.45, 2.75) is 19.3 Å². The molecule has 2 aromatic rings. The van der Waals surface area contributed by atoms with Gasteiger partial charge >= 0.3 is 5.69 Å². The highest BCUT2D eigenvalue weighted by Gasteiger charge is 2.13. The fourth-order valence-electron chi connectivity index (χ4n) is 2.11. The highest BCUT2D eigenvalue weighted by Crippen LogP contribution is 2.01. The molecule has 0 bridgehead atoms. The Labute approximate surface area is 132 Å². The van der Waals surface area contributed by atoms with Crippen LogP contribution in [0.3, 0.4) is 0 Å². The van der Waals surface area contributed by atoms with Crippen molar-refractivity contribution in [3.63, 3.8) is 0 Å². The molecule has 0 saturated carbocycles. The summed E-state index contributed by atoms with van der Waals surface area (Å²) in [5, 5.41) is 18.9. The molecule has 23 heavy (non-hydrogen) atoms. The minimum atomic E-state index is -1.03. The maximum Gasteiger partial charge on any atom is 0.330 e. The summed E-state index contributed by atoms with van der Waals surface area (Å²) in [7, 11) is 1.44. The second-order valence-corrected chi connectivity index (χ2v) is 5.12. The minimum Gasteiger partial charge on any atom is -0.389 e. The lowest BCUT2D eigenvalue weighted by atomic mass is 10.2. The molecule has 1 atom stereocenters. The molecule has 0 aliphatic rings. The lowest BCUT2D eigenvalue weighted by Gasteiger charge is -2.13. The Morgan fingerprint density at radius 2 is 2.00 bits per heavy atom. The average molecular weight is 315 g/mol. The molecule has 0 aliphatic carbocycles. The molecule has 0 saturated heterocycles. The van der Waals surface area contributed by atoms with Crippen LogP contribution in [-0.2, 0) is 24.9 Å². The van der Waals surface area contributed by atoms with Crippen LogP contribution >= 0.6 is 0 Å². The van der Waals surface area contributed by atoms with Gasteiger partial charge in [0.25, 0.3) is 5.56 Å². The Bertz CT molecular complexity index is 818. The van der Waals surface area contributed by atoms with Crippen LogP contribution in [0.5, 0.6) is 0 Å². The molecule has 1 N–H and O–H groups in total. The van der Waals surface area contributed by atoms with E-state index in [1.807, 2.05) is 30.3 Å². The lowest BCUT2D eigenvalue weighted by molar-refractivity contribution is 0.0191. The molecular formula is C16H17N3O4. The number of nitrogens with zero attached hydrogens (tertiary/aromatic N) is 3. The largest absolute Gasteiger partial charge is 0.389 e.